The highest BCUT2D eigenvalue weighted by molar-refractivity contribution is 6.28. The van der Waals surface area contributed by atoms with E-state index in [1.807, 2.05) is 6.07 Å². The van der Waals surface area contributed by atoms with E-state index in [0.717, 1.165) is 5.39 Å². The summed E-state index contributed by atoms with van der Waals surface area (Å²) in [5.74, 6) is 1.83. The summed E-state index contributed by atoms with van der Waals surface area (Å²) in [7, 11) is 3.15. The predicted octanol–water partition coefficient (Wildman–Crippen LogP) is 1.67. The lowest BCUT2D eigenvalue weighted by atomic mass is 10.2. The molecule has 0 saturated carbocycles. The number of ether oxygens (including phenoxy) is 2. The van der Waals surface area contributed by atoms with E-state index in [1.54, 1.807) is 20.3 Å². The van der Waals surface area contributed by atoms with Gasteiger partial charge >= 0.3 is 0 Å². The lowest BCUT2D eigenvalue weighted by Crippen LogP contribution is -2.14. The number of nitrogens with two attached hydrogens (primary N) is 1. The lowest BCUT2D eigenvalue weighted by Gasteiger charge is -2.12. The average Bonchev–Trinajstić information content (AvgIpc) is 2.43. The molecule has 0 aliphatic carbocycles. The van der Waals surface area contributed by atoms with E-state index in [0.29, 0.717) is 35.9 Å². The van der Waals surface area contributed by atoms with Crippen LogP contribution in [0.2, 0.25) is 5.28 Å². The van der Waals surface area contributed by atoms with E-state index in [2.05, 4.69) is 15.3 Å². The molecule has 0 bridgehead atoms. The average molecular weight is 283 g/mol. The van der Waals surface area contributed by atoms with E-state index in [9.17, 15) is 0 Å². The molecule has 1 aromatic heterocycles. The molecule has 102 valence electrons. The summed E-state index contributed by atoms with van der Waals surface area (Å²) in [5.41, 5.74) is 6.15. The van der Waals surface area contributed by atoms with Crippen molar-refractivity contribution in [3.8, 4) is 11.5 Å². The fourth-order valence-corrected chi connectivity index (χ4v) is 1.93. The largest absolute Gasteiger partial charge is 0.493 e. The van der Waals surface area contributed by atoms with Crippen LogP contribution < -0.4 is 20.5 Å². The molecule has 1 heterocycles. The van der Waals surface area contributed by atoms with Crippen molar-refractivity contribution in [2.45, 2.75) is 0 Å². The molecule has 0 fully saturated rings. The zero-order valence-electron chi connectivity index (χ0n) is 10.7. The Bertz CT molecular complexity index is 591. The van der Waals surface area contributed by atoms with Crippen LogP contribution in [0.1, 0.15) is 0 Å². The molecular weight excluding hydrogens is 268 g/mol. The van der Waals surface area contributed by atoms with Gasteiger partial charge in [-0.25, -0.2) is 9.97 Å². The van der Waals surface area contributed by atoms with Gasteiger partial charge in [-0.15, -0.1) is 0 Å². The molecule has 0 saturated heterocycles. The predicted molar refractivity (Wildman–Crippen MR) is 75.2 cm³/mol. The number of hydrogen-bond donors (Lipinski definition) is 2. The number of rotatable bonds is 5. The molecule has 0 spiro atoms. The summed E-state index contributed by atoms with van der Waals surface area (Å²) >= 11 is 5.91. The number of methoxy groups -OCH3 is 2. The standard InChI is InChI=1S/C12H15ClN4O2/c1-18-9-5-7-8(6-10(9)19-2)16-12(13)17-11(7)15-4-3-14/h5-6H,3-4,14H2,1-2H3,(H,15,16,17). The number of anilines is 1. The number of halogens is 1. The first-order chi connectivity index (χ1) is 9.19. The van der Waals surface area contributed by atoms with Crippen LogP contribution in [0.4, 0.5) is 5.82 Å². The van der Waals surface area contributed by atoms with Gasteiger partial charge in [-0.3, -0.25) is 0 Å². The molecule has 7 heteroatoms. The third-order valence-electron chi connectivity index (χ3n) is 2.61. The van der Waals surface area contributed by atoms with Crippen LogP contribution in [0.25, 0.3) is 10.9 Å². The van der Waals surface area contributed by atoms with E-state index in [1.165, 1.54) is 0 Å². The van der Waals surface area contributed by atoms with E-state index in [4.69, 9.17) is 26.8 Å². The van der Waals surface area contributed by atoms with Crippen molar-refractivity contribution >= 4 is 28.3 Å². The van der Waals surface area contributed by atoms with Crippen molar-refractivity contribution in [2.24, 2.45) is 5.73 Å². The first kappa shape index (κ1) is 13.6. The maximum atomic E-state index is 5.91. The molecule has 2 rings (SSSR count). The van der Waals surface area contributed by atoms with Gasteiger partial charge in [-0.05, 0) is 17.7 Å². The number of nitrogens with zero attached hydrogens (tertiary/aromatic N) is 2. The summed E-state index contributed by atoms with van der Waals surface area (Å²) in [6.45, 7) is 1.09. The third kappa shape index (κ3) is 2.80. The number of hydrogen-bond acceptors (Lipinski definition) is 6. The van der Waals surface area contributed by atoms with Crippen molar-refractivity contribution in [1.29, 1.82) is 0 Å². The minimum Gasteiger partial charge on any atom is -0.493 e. The summed E-state index contributed by atoms with van der Waals surface area (Å²) in [4.78, 5) is 8.34. The zero-order valence-corrected chi connectivity index (χ0v) is 11.5. The second kappa shape index (κ2) is 5.90. The zero-order chi connectivity index (χ0) is 13.8. The van der Waals surface area contributed by atoms with Gasteiger partial charge in [-0.1, -0.05) is 0 Å². The molecular formula is C12H15ClN4O2. The van der Waals surface area contributed by atoms with Crippen LogP contribution in [-0.2, 0) is 0 Å². The van der Waals surface area contributed by atoms with E-state index < -0.39 is 0 Å². The Labute approximate surface area is 115 Å². The van der Waals surface area contributed by atoms with Crippen LogP contribution in [0, 0.1) is 0 Å². The fraction of sp³-hybridized carbons (Fsp3) is 0.333. The Morgan fingerprint density at radius 1 is 1.21 bits per heavy atom. The van der Waals surface area contributed by atoms with Gasteiger partial charge < -0.3 is 20.5 Å². The lowest BCUT2D eigenvalue weighted by molar-refractivity contribution is 0.356. The molecule has 19 heavy (non-hydrogen) atoms. The molecule has 3 N–H and O–H groups in total. The molecule has 0 atom stereocenters. The molecule has 0 unspecified atom stereocenters. The minimum atomic E-state index is 0.166. The van der Waals surface area contributed by atoms with E-state index in [-0.39, 0.29) is 5.28 Å². The van der Waals surface area contributed by atoms with Gasteiger partial charge in [0.05, 0.1) is 19.7 Å². The van der Waals surface area contributed by atoms with Crippen LogP contribution in [0.5, 0.6) is 11.5 Å². The van der Waals surface area contributed by atoms with Gasteiger partial charge in [0.2, 0.25) is 5.28 Å². The quantitative estimate of drug-likeness (QED) is 0.812. The third-order valence-corrected chi connectivity index (χ3v) is 2.78. The Balaban J connectivity index is 2.61. The Kier molecular flexibility index (Phi) is 4.24. The number of nitrogens with one attached hydrogen (secondary N) is 1. The first-order valence-corrected chi connectivity index (χ1v) is 6.10. The van der Waals surface area contributed by atoms with Crippen LogP contribution in [0.15, 0.2) is 12.1 Å². The van der Waals surface area contributed by atoms with Crippen LogP contribution in [-0.4, -0.2) is 37.3 Å². The molecule has 2 aromatic rings. The van der Waals surface area contributed by atoms with Gasteiger partial charge in [0.1, 0.15) is 5.82 Å². The summed E-state index contributed by atoms with van der Waals surface area (Å²) < 4.78 is 10.5. The van der Waals surface area contributed by atoms with Crippen LogP contribution in [0.3, 0.4) is 0 Å². The topological polar surface area (TPSA) is 82.3 Å². The SMILES string of the molecule is COc1cc2nc(Cl)nc(NCCN)c2cc1OC. The van der Waals surface area contributed by atoms with Crippen molar-refractivity contribution in [2.75, 3.05) is 32.6 Å². The first-order valence-electron chi connectivity index (χ1n) is 5.72. The molecule has 0 aliphatic heterocycles. The molecule has 0 amide bonds. The van der Waals surface area contributed by atoms with Crippen molar-refractivity contribution in [3.05, 3.63) is 17.4 Å². The summed E-state index contributed by atoms with van der Waals surface area (Å²) in [6.07, 6.45) is 0. The Hall–Kier alpha value is -1.79. The highest BCUT2D eigenvalue weighted by Crippen LogP contribution is 2.34. The molecule has 6 nitrogen and oxygen atoms in total. The molecule has 0 aliphatic rings. The fourth-order valence-electron chi connectivity index (χ4n) is 1.75. The molecule has 0 radical (unpaired) electrons. The number of aromatic nitrogens is 2. The number of benzene rings is 1. The summed E-state index contributed by atoms with van der Waals surface area (Å²) in [6, 6.07) is 3.57. The van der Waals surface area contributed by atoms with Crippen molar-refractivity contribution in [3.63, 3.8) is 0 Å². The van der Waals surface area contributed by atoms with Gasteiger partial charge in [-0.2, -0.15) is 0 Å². The highest BCUT2D eigenvalue weighted by atomic mass is 35.5. The van der Waals surface area contributed by atoms with Gasteiger partial charge in [0, 0.05) is 24.5 Å². The monoisotopic (exact) mass is 282 g/mol. The second-order valence-electron chi connectivity index (χ2n) is 3.78. The van der Waals surface area contributed by atoms with Crippen molar-refractivity contribution in [1.82, 2.24) is 9.97 Å². The maximum Gasteiger partial charge on any atom is 0.224 e. The Morgan fingerprint density at radius 2 is 1.89 bits per heavy atom. The normalized spacial score (nSPS) is 10.5. The van der Waals surface area contributed by atoms with Gasteiger partial charge in [0.15, 0.2) is 11.5 Å². The van der Waals surface area contributed by atoms with E-state index >= 15 is 0 Å². The minimum absolute atomic E-state index is 0.166. The molecule has 1 aromatic carbocycles. The Morgan fingerprint density at radius 3 is 2.53 bits per heavy atom. The van der Waals surface area contributed by atoms with Gasteiger partial charge in [0.25, 0.3) is 0 Å². The van der Waals surface area contributed by atoms with Crippen LogP contribution >= 0.6 is 11.6 Å². The summed E-state index contributed by atoms with van der Waals surface area (Å²) in [5, 5.41) is 4.08. The maximum absolute atomic E-state index is 5.91. The number of fused-ring (bicyclic) bond motifs is 1. The van der Waals surface area contributed by atoms with Crippen molar-refractivity contribution < 1.29 is 9.47 Å². The highest BCUT2D eigenvalue weighted by Gasteiger charge is 2.12. The smallest absolute Gasteiger partial charge is 0.224 e. The second-order valence-corrected chi connectivity index (χ2v) is 4.12.